The highest BCUT2D eigenvalue weighted by molar-refractivity contribution is 6.76. The molecule has 1 saturated heterocycles. The zero-order valence-corrected chi connectivity index (χ0v) is 21.2. The van der Waals surface area contributed by atoms with E-state index in [1.807, 2.05) is 18.2 Å². The number of nitriles is 1. The first-order valence-electron chi connectivity index (χ1n) is 11.6. The molecule has 3 atom stereocenters. The molecule has 182 valence electrons. The minimum Gasteiger partial charge on any atom is -0.496 e. The maximum atomic E-state index is 13.2. The van der Waals surface area contributed by atoms with Crippen molar-refractivity contribution < 1.29 is 19.1 Å². The van der Waals surface area contributed by atoms with Gasteiger partial charge in [0.2, 0.25) is 11.8 Å². The maximum absolute atomic E-state index is 13.2. The quantitative estimate of drug-likeness (QED) is 0.406. The fraction of sp³-hybridized carbons (Fsp3) is 0.500. The highest BCUT2D eigenvalue weighted by atomic mass is 28.3. The van der Waals surface area contributed by atoms with Gasteiger partial charge in [-0.25, -0.2) is 0 Å². The second-order valence-electron chi connectivity index (χ2n) is 9.95. The minimum absolute atomic E-state index is 0.0815. The van der Waals surface area contributed by atoms with Gasteiger partial charge in [0, 0.05) is 31.4 Å². The molecular formula is C24H33N5O4Si. The van der Waals surface area contributed by atoms with Crippen molar-refractivity contribution >= 4 is 36.7 Å². The molecule has 34 heavy (non-hydrogen) atoms. The van der Waals surface area contributed by atoms with E-state index in [1.54, 1.807) is 13.2 Å². The first kappa shape index (κ1) is 25.3. The zero-order valence-electron chi connectivity index (χ0n) is 20.2. The van der Waals surface area contributed by atoms with Crippen LogP contribution in [0.2, 0.25) is 25.7 Å². The number of H-pyrrole nitrogens is 1. The van der Waals surface area contributed by atoms with Crippen LogP contribution < -0.4 is 20.7 Å². The molecule has 4 N–H and O–H groups in total. The van der Waals surface area contributed by atoms with Crippen molar-refractivity contribution in [1.29, 1.82) is 5.26 Å². The van der Waals surface area contributed by atoms with Crippen LogP contribution in [0.3, 0.4) is 0 Å². The van der Waals surface area contributed by atoms with Crippen LogP contribution in [0.1, 0.15) is 29.8 Å². The Labute approximate surface area is 200 Å². The Bertz CT molecular complexity index is 1100. The Morgan fingerprint density at radius 3 is 2.71 bits per heavy atom. The van der Waals surface area contributed by atoms with Gasteiger partial charge in [-0.05, 0) is 43.5 Å². The highest BCUT2D eigenvalue weighted by Gasteiger charge is 2.31. The summed E-state index contributed by atoms with van der Waals surface area (Å²) in [5, 5.41) is 18.8. The molecule has 1 aliphatic rings. The van der Waals surface area contributed by atoms with E-state index >= 15 is 0 Å². The van der Waals surface area contributed by atoms with Crippen LogP contribution in [0.15, 0.2) is 24.3 Å². The summed E-state index contributed by atoms with van der Waals surface area (Å²) < 4.78 is 5.36. The first-order valence-corrected chi connectivity index (χ1v) is 15.3. The van der Waals surface area contributed by atoms with Crippen molar-refractivity contribution in [3.05, 3.63) is 30.0 Å². The molecule has 0 bridgehead atoms. The normalized spacial score (nSPS) is 17.9. The fourth-order valence-corrected chi connectivity index (χ4v) is 5.76. The van der Waals surface area contributed by atoms with Gasteiger partial charge in [-0.1, -0.05) is 25.7 Å². The summed E-state index contributed by atoms with van der Waals surface area (Å²) in [6, 6.07) is 8.21. The number of aromatic amines is 1. The maximum Gasteiger partial charge on any atom is 0.268 e. The molecule has 1 fully saturated rings. The topological polar surface area (TPSA) is 136 Å². The van der Waals surface area contributed by atoms with E-state index in [0.717, 1.165) is 17.3 Å². The molecule has 2 heterocycles. The van der Waals surface area contributed by atoms with Crippen molar-refractivity contribution in [3.8, 4) is 11.8 Å². The van der Waals surface area contributed by atoms with Crippen molar-refractivity contribution in [2.24, 2.45) is 5.92 Å². The van der Waals surface area contributed by atoms with E-state index < -0.39 is 32.0 Å². The number of hydrogen-bond donors (Lipinski definition) is 4. The third kappa shape index (κ3) is 6.38. The zero-order chi connectivity index (χ0) is 24.9. The summed E-state index contributed by atoms with van der Waals surface area (Å²) in [4.78, 5) is 41.4. The number of methoxy groups -OCH3 is 1. The molecule has 0 aliphatic carbocycles. The summed E-state index contributed by atoms with van der Waals surface area (Å²) in [5.41, 5.74) is 1.08. The third-order valence-electron chi connectivity index (χ3n) is 5.92. The van der Waals surface area contributed by atoms with Gasteiger partial charge in [-0.15, -0.1) is 0 Å². The third-order valence-corrected chi connectivity index (χ3v) is 7.55. The van der Waals surface area contributed by atoms with Crippen LogP contribution in [0, 0.1) is 17.2 Å². The molecule has 1 aliphatic heterocycles. The average molecular weight is 484 g/mol. The fourth-order valence-electron chi connectivity index (χ4n) is 4.25. The number of benzene rings is 1. The molecule has 3 rings (SSSR count). The van der Waals surface area contributed by atoms with E-state index in [-0.39, 0.29) is 18.2 Å². The summed E-state index contributed by atoms with van der Waals surface area (Å²) in [6.07, 6.45) is 1.80. The molecule has 0 saturated carbocycles. The van der Waals surface area contributed by atoms with Crippen LogP contribution in [-0.2, 0) is 9.59 Å². The average Bonchev–Trinajstić information content (AvgIpc) is 3.23. The van der Waals surface area contributed by atoms with Gasteiger partial charge in [-0.2, -0.15) is 5.26 Å². The molecule has 0 radical (unpaired) electrons. The number of rotatable bonds is 9. The largest absolute Gasteiger partial charge is 0.496 e. The van der Waals surface area contributed by atoms with Crippen molar-refractivity contribution in [1.82, 2.24) is 20.9 Å². The van der Waals surface area contributed by atoms with Gasteiger partial charge in [-0.3, -0.25) is 14.4 Å². The smallest absolute Gasteiger partial charge is 0.268 e. The number of fused-ring (bicyclic) bond motifs is 1. The Morgan fingerprint density at radius 1 is 1.29 bits per heavy atom. The lowest BCUT2D eigenvalue weighted by atomic mass is 9.92. The number of carbonyl (C=O) groups is 3. The number of hydrogen-bond acceptors (Lipinski definition) is 5. The first-order chi connectivity index (χ1) is 16.1. The molecule has 3 unspecified atom stereocenters. The van der Waals surface area contributed by atoms with Gasteiger partial charge >= 0.3 is 0 Å². The van der Waals surface area contributed by atoms with Crippen LogP contribution in [0.25, 0.3) is 10.9 Å². The molecular weight excluding hydrogens is 450 g/mol. The number of nitrogens with one attached hydrogen (secondary N) is 4. The number of piperidine rings is 1. The number of nitrogens with zero attached hydrogens (tertiary/aromatic N) is 1. The van der Waals surface area contributed by atoms with Crippen molar-refractivity contribution in [3.63, 3.8) is 0 Å². The Kier molecular flexibility index (Phi) is 7.99. The Morgan fingerprint density at radius 2 is 2.06 bits per heavy atom. The molecule has 1 aromatic carbocycles. The lowest BCUT2D eigenvalue weighted by Crippen LogP contribution is -2.52. The molecule has 9 nitrogen and oxygen atoms in total. The Hall–Kier alpha value is -3.32. The summed E-state index contributed by atoms with van der Waals surface area (Å²) in [5.74, 6) is -0.552. The number of ether oxygens (including phenoxy) is 1. The number of amides is 3. The lowest BCUT2D eigenvalue weighted by molar-refractivity contribution is -0.128. The SMILES string of the molecule is COc1cccc2[nH]c(C(=O)NC(C[Si](C)(C)C)C(=O)NC(C#N)CC3CCCNC3=O)cc12. The predicted molar refractivity (Wildman–Crippen MR) is 132 cm³/mol. The van der Waals surface area contributed by atoms with Crippen LogP contribution in [0.4, 0.5) is 0 Å². The van der Waals surface area contributed by atoms with Gasteiger partial charge < -0.3 is 25.7 Å². The Balaban J connectivity index is 1.74. The van der Waals surface area contributed by atoms with E-state index in [1.165, 1.54) is 0 Å². The van der Waals surface area contributed by atoms with E-state index in [9.17, 15) is 19.6 Å². The molecule has 1 aromatic heterocycles. The highest BCUT2D eigenvalue weighted by Crippen LogP contribution is 2.26. The lowest BCUT2D eigenvalue weighted by Gasteiger charge is -2.27. The minimum atomic E-state index is -1.76. The monoisotopic (exact) mass is 483 g/mol. The van der Waals surface area contributed by atoms with Crippen molar-refractivity contribution in [2.75, 3.05) is 13.7 Å². The predicted octanol–water partition coefficient (Wildman–Crippen LogP) is 2.54. The van der Waals surface area contributed by atoms with Gasteiger partial charge in [0.05, 0.1) is 13.2 Å². The number of carbonyl (C=O) groups excluding carboxylic acids is 3. The van der Waals surface area contributed by atoms with Crippen LogP contribution in [0.5, 0.6) is 5.75 Å². The standard InChI is InChI=1S/C24H33N5O4Si/c1-33-21-9-5-8-18-17(21)12-19(28-18)23(31)29-20(14-34(2,3)4)24(32)27-16(13-25)11-15-7-6-10-26-22(15)30/h5,8-9,12,15-16,20,28H,6-7,10-11,14H2,1-4H3,(H,26,30)(H,27,32)(H,29,31). The molecule has 2 aromatic rings. The number of aromatic nitrogens is 1. The van der Waals surface area contributed by atoms with E-state index in [0.29, 0.717) is 30.5 Å². The van der Waals surface area contributed by atoms with Crippen LogP contribution >= 0.6 is 0 Å². The van der Waals surface area contributed by atoms with Gasteiger partial charge in [0.15, 0.2) is 0 Å². The van der Waals surface area contributed by atoms with Gasteiger partial charge in [0.1, 0.15) is 23.5 Å². The summed E-state index contributed by atoms with van der Waals surface area (Å²) >= 11 is 0. The van der Waals surface area contributed by atoms with Gasteiger partial charge in [0.25, 0.3) is 5.91 Å². The summed E-state index contributed by atoms with van der Waals surface area (Å²) in [7, 11) is -0.197. The second-order valence-corrected chi connectivity index (χ2v) is 15.5. The second kappa shape index (κ2) is 10.7. The van der Waals surface area contributed by atoms with E-state index in [2.05, 4.69) is 46.6 Å². The summed E-state index contributed by atoms with van der Waals surface area (Å²) in [6.45, 7) is 6.98. The van der Waals surface area contributed by atoms with Crippen molar-refractivity contribution in [2.45, 2.75) is 57.0 Å². The molecule has 10 heteroatoms. The van der Waals surface area contributed by atoms with E-state index in [4.69, 9.17) is 4.74 Å². The van der Waals surface area contributed by atoms with Crippen LogP contribution in [-0.4, -0.2) is 56.5 Å². The molecule has 3 amide bonds. The molecule has 0 spiro atoms.